The Bertz CT molecular complexity index is 1020. The lowest BCUT2D eigenvalue weighted by atomic mass is 9.91. The molecule has 0 fully saturated rings. The van der Waals surface area contributed by atoms with E-state index >= 15 is 0 Å². The minimum absolute atomic E-state index is 0.0380. The number of halogens is 2. The Morgan fingerprint density at radius 2 is 0.735 bits per heavy atom. The van der Waals surface area contributed by atoms with E-state index < -0.39 is 18.0 Å². The molecule has 0 N–H and O–H groups in total. The van der Waals surface area contributed by atoms with Crippen molar-refractivity contribution in [2.75, 3.05) is 13.2 Å². The molecular formula is C28H24Cl2O3P+. The second-order valence-electron chi connectivity index (χ2n) is 7.84. The molecule has 0 aromatic heterocycles. The molecule has 0 atom stereocenters. The summed E-state index contributed by atoms with van der Waals surface area (Å²) < 4.78 is 24.2. The van der Waals surface area contributed by atoms with Gasteiger partial charge < -0.3 is 0 Å². The highest BCUT2D eigenvalue weighted by Gasteiger charge is 2.40. The molecule has 4 rings (SSSR count). The van der Waals surface area contributed by atoms with Crippen molar-refractivity contribution in [2.24, 2.45) is 0 Å². The van der Waals surface area contributed by atoms with Crippen LogP contribution >= 0.6 is 31.5 Å². The number of hydrogen-bond acceptors (Lipinski definition) is 3. The molecule has 0 aliphatic heterocycles. The van der Waals surface area contributed by atoms with Gasteiger partial charge in [0.2, 0.25) is 0 Å². The summed E-state index contributed by atoms with van der Waals surface area (Å²) in [5.41, 5.74) is 3.36. The van der Waals surface area contributed by atoms with Crippen molar-refractivity contribution in [3.05, 3.63) is 144 Å². The Morgan fingerprint density at radius 1 is 0.500 bits per heavy atom. The quantitative estimate of drug-likeness (QED) is 0.160. The second-order valence-corrected chi connectivity index (χ2v) is 10.1. The maximum atomic E-state index is 12.8. The number of rotatable bonds is 10. The van der Waals surface area contributed by atoms with E-state index in [1.54, 1.807) is 0 Å². The van der Waals surface area contributed by atoms with Gasteiger partial charge in [0.1, 0.15) is 23.0 Å². The molecule has 0 aliphatic carbocycles. The van der Waals surface area contributed by atoms with Crippen LogP contribution in [0.1, 0.15) is 22.3 Å². The fraction of sp³-hybridized carbons (Fsp3) is 0.143. The summed E-state index contributed by atoms with van der Waals surface area (Å²) in [5, 5.41) is 0. The minimum atomic E-state index is -2.49. The van der Waals surface area contributed by atoms with Crippen LogP contribution in [0.4, 0.5) is 0 Å². The van der Waals surface area contributed by atoms with Gasteiger partial charge >= 0.3 is 8.25 Å². The Kier molecular flexibility index (Phi) is 8.15. The van der Waals surface area contributed by atoms with Gasteiger partial charge in [0.15, 0.2) is 0 Å². The maximum absolute atomic E-state index is 12.8. The van der Waals surface area contributed by atoms with Gasteiger partial charge in [0, 0.05) is 4.57 Å². The van der Waals surface area contributed by atoms with Crippen molar-refractivity contribution in [3.63, 3.8) is 0 Å². The Balaban J connectivity index is 1.51. The highest BCUT2D eigenvalue weighted by atomic mass is 35.5. The first kappa shape index (κ1) is 24.6. The van der Waals surface area contributed by atoms with Crippen molar-refractivity contribution in [2.45, 2.75) is 9.75 Å². The topological polar surface area (TPSA) is 35.5 Å². The first-order valence-electron chi connectivity index (χ1n) is 10.9. The van der Waals surface area contributed by atoms with Crippen molar-refractivity contribution in [1.29, 1.82) is 0 Å². The van der Waals surface area contributed by atoms with Crippen LogP contribution in [0.3, 0.4) is 0 Å². The first-order chi connectivity index (χ1) is 16.5. The van der Waals surface area contributed by atoms with E-state index in [-0.39, 0.29) is 13.2 Å². The molecule has 4 aromatic carbocycles. The van der Waals surface area contributed by atoms with Crippen molar-refractivity contribution < 1.29 is 13.6 Å². The zero-order chi connectivity index (χ0) is 23.9. The van der Waals surface area contributed by atoms with E-state index in [0.717, 1.165) is 22.3 Å². The van der Waals surface area contributed by atoms with E-state index in [2.05, 4.69) is 0 Å². The van der Waals surface area contributed by atoms with Gasteiger partial charge in [-0.2, -0.15) is 0 Å². The highest BCUT2D eigenvalue weighted by Crippen LogP contribution is 2.43. The molecule has 34 heavy (non-hydrogen) atoms. The minimum Gasteiger partial charge on any atom is -0.116 e. The molecule has 0 amide bonds. The highest BCUT2D eigenvalue weighted by molar-refractivity contribution is 7.33. The summed E-state index contributed by atoms with van der Waals surface area (Å²) in [4.78, 5) is -2.04. The molecule has 172 valence electrons. The molecule has 0 bridgehead atoms. The fourth-order valence-corrected chi connectivity index (χ4v) is 5.23. The number of alkyl halides is 2. The summed E-state index contributed by atoms with van der Waals surface area (Å²) in [6, 6.07) is 38.3. The van der Waals surface area contributed by atoms with Gasteiger partial charge in [-0.15, -0.1) is 32.2 Å². The predicted octanol–water partition coefficient (Wildman–Crippen LogP) is 8.04. The Labute approximate surface area is 211 Å². The molecule has 3 nitrogen and oxygen atoms in total. The Morgan fingerprint density at radius 3 is 0.971 bits per heavy atom. The lowest BCUT2D eigenvalue weighted by Gasteiger charge is -2.26. The molecule has 0 radical (unpaired) electrons. The van der Waals surface area contributed by atoms with Crippen LogP contribution in [0.5, 0.6) is 0 Å². The third-order valence-corrected chi connectivity index (χ3v) is 7.43. The van der Waals surface area contributed by atoms with Crippen molar-refractivity contribution in [1.82, 2.24) is 0 Å². The second kappa shape index (κ2) is 11.3. The lowest BCUT2D eigenvalue weighted by Crippen LogP contribution is -2.27. The largest absolute Gasteiger partial charge is 0.697 e. The molecule has 0 saturated heterocycles. The SMILES string of the molecule is O=[P+](OCC(Cl)(c1ccccc1)c1ccccc1)OCC(Cl)(c1ccccc1)c1ccccc1. The lowest BCUT2D eigenvalue weighted by molar-refractivity contribution is 0.203. The third kappa shape index (κ3) is 5.58. The zero-order valence-corrected chi connectivity index (χ0v) is 20.8. The van der Waals surface area contributed by atoms with Gasteiger partial charge in [-0.1, -0.05) is 121 Å². The molecule has 4 aromatic rings. The third-order valence-electron chi connectivity index (χ3n) is 5.66. The normalized spacial score (nSPS) is 11.8. The monoisotopic (exact) mass is 509 g/mol. The van der Waals surface area contributed by atoms with Gasteiger partial charge in [-0.3, -0.25) is 0 Å². The van der Waals surface area contributed by atoms with Gasteiger partial charge in [0.25, 0.3) is 0 Å². The zero-order valence-electron chi connectivity index (χ0n) is 18.4. The van der Waals surface area contributed by atoms with Gasteiger partial charge in [-0.25, -0.2) is 0 Å². The standard InChI is InChI=1S/C28H24Cl2O3P/c29-27(23-13-5-1-6-14-23,24-15-7-2-8-16-24)21-32-34(31)33-22-28(30,25-17-9-3-10-18-25)26-19-11-4-12-20-26/h1-20H,21-22H2/q+1. The van der Waals surface area contributed by atoms with E-state index in [9.17, 15) is 4.57 Å². The van der Waals surface area contributed by atoms with E-state index in [1.165, 1.54) is 0 Å². The van der Waals surface area contributed by atoms with E-state index in [0.29, 0.717) is 0 Å². The van der Waals surface area contributed by atoms with Crippen LogP contribution < -0.4 is 0 Å². The van der Waals surface area contributed by atoms with Crippen molar-refractivity contribution in [3.8, 4) is 0 Å². The molecular weight excluding hydrogens is 486 g/mol. The van der Waals surface area contributed by atoms with E-state index in [1.807, 2.05) is 121 Å². The van der Waals surface area contributed by atoms with Crippen molar-refractivity contribution >= 4 is 31.5 Å². The van der Waals surface area contributed by atoms with E-state index in [4.69, 9.17) is 32.2 Å². The summed E-state index contributed by atoms with van der Waals surface area (Å²) in [5.74, 6) is 0. The molecule has 0 heterocycles. The fourth-order valence-electron chi connectivity index (χ4n) is 3.80. The van der Waals surface area contributed by atoms with Crippen LogP contribution in [0.2, 0.25) is 0 Å². The molecule has 0 spiro atoms. The molecule has 0 saturated carbocycles. The van der Waals surface area contributed by atoms with Crippen LogP contribution in [-0.2, 0) is 23.4 Å². The predicted molar refractivity (Wildman–Crippen MR) is 139 cm³/mol. The van der Waals surface area contributed by atoms with Crippen LogP contribution in [0.25, 0.3) is 0 Å². The summed E-state index contributed by atoms with van der Waals surface area (Å²) in [6.45, 7) is -0.0759. The maximum Gasteiger partial charge on any atom is 0.697 e. The molecule has 0 aliphatic rings. The number of benzene rings is 4. The Hall–Kier alpha value is -2.52. The van der Waals surface area contributed by atoms with Gasteiger partial charge in [-0.05, 0) is 22.3 Å². The number of hydrogen-bond donors (Lipinski definition) is 0. The van der Waals surface area contributed by atoms with Crippen LogP contribution in [-0.4, -0.2) is 13.2 Å². The average Bonchev–Trinajstić information content (AvgIpc) is 2.92. The average molecular weight is 510 g/mol. The van der Waals surface area contributed by atoms with Crippen LogP contribution in [0, 0.1) is 0 Å². The summed E-state index contributed by atoms with van der Waals surface area (Å²) in [6.07, 6.45) is 0. The van der Waals surface area contributed by atoms with Gasteiger partial charge in [0.05, 0.1) is 0 Å². The smallest absolute Gasteiger partial charge is 0.116 e. The summed E-state index contributed by atoms with van der Waals surface area (Å²) >= 11 is 14.2. The molecule has 6 heteroatoms. The molecule has 0 unspecified atom stereocenters. The first-order valence-corrected chi connectivity index (χ1v) is 12.7. The van der Waals surface area contributed by atoms with Crippen LogP contribution in [0.15, 0.2) is 121 Å². The summed E-state index contributed by atoms with van der Waals surface area (Å²) in [7, 11) is -2.49.